The molecule has 1 aliphatic rings. The molecule has 0 aliphatic heterocycles. The van der Waals surface area contributed by atoms with Crippen LogP contribution in [0.2, 0.25) is 15.1 Å². The molecule has 0 amide bonds. The molecule has 0 bridgehead atoms. The van der Waals surface area contributed by atoms with Crippen molar-refractivity contribution in [3.8, 4) is 11.1 Å². The van der Waals surface area contributed by atoms with Gasteiger partial charge in [-0.15, -0.1) is 0 Å². The van der Waals surface area contributed by atoms with Crippen LogP contribution in [0.15, 0.2) is 36.4 Å². The van der Waals surface area contributed by atoms with Crippen LogP contribution in [0.1, 0.15) is 44.1 Å². The van der Waals surface area contributed by atoms with Crippen molar-refractivity contribution in [3.05, 3.63) is 57.0 Å². The molecule has 1 fully saturated rings. The van der Waals surface area contributed by atoms with Crippen LogP contribution in [-0.2, 0) is 10.2 Å². The number of rotatable bonds is 5. The van der Waals surface area contributed by atoms with Gasteiger partial charge in [-0.1, -0.05) is 53.9 Å². The fourth-order valence-electron chi connectivity index (χ4n) is 3.81. The van der Waals surface area contributed by atoms with Crippen LogP contribution in [-0.4, -0.2) is 15.0 Å². The fourth-order valence-corrected chi connectivity index (χ4v) is 5.13. The molecule has 1 saturated carbocycles. The molecular weight excluding hydrogens is 439 g/mol. The Bertz CT molecular complexity index is 954. The predicted molar refractivity (Wildman–Crippen MR) is 117 cm³/mol. The van der Waals surface area contributed by atoms with Crippen molar-refractivity contribution in [3.63, 3.8) is 0 Å². The lowest BCUT2D eigenvalue weighted by atomic mass is 9.70. The maximum atomic E-state index is 11.2. The molecule has 0 aromatic heterocycles. The quantitative estimate of drug-likeness (QED) is 0.593. The standard InChI is InChI=1S/C20H23Cl3N2O2S/c1-20(12-25-28(24,26)27)8-6-14(7-9-20)17-10-16(18(22)11-19(17)23)13-2-4-15(21)5-3-13/h2-5,10-11,14,25H,6-9,12H2,1H3,(H2,24,26,27). The lowest BCUT2D eigenvalue weighted by Crippen LogP contribution is -2.40. The highest BCUT2D eigenvalue weighted by Crippen LogP contribution is 2.46. The van der Waals surface area contributed by atoms with E-state index < -0.39 is 10.2 Å². The van der Waals surface area contributed by atoms with Gasteiger partial charge >= 0.3 is 0 Å². The molecule has 1 aliphatic carbocycles. The lowest BCUT2D eigenvalue weighted by Gasteiger charge is -2.37. The fraction of sp³-hybridized carbons (Fsp3) is 0.400. The summed E-state index contributed by atoms with van der Waals surface area (Å²) in [5.41, 5.74) is 2.89. The summed E-state index contributed by atoms with van der Waals surface area (Å²) in [6, 6.07) is 11.4. The van der Waals surface area contributed by atoms with Gasteiger partial charge in [-0.05, 0) is 72.4 Å². The van der Waals surface area contributed by atoms with E-state index in [1.165, 1.54) is 0 Å². The number of hydrogen-bond acceptors (Lipinski definition) is 2. The van der Waals surface area contributed by atoms with Gasteiger partial charge in [0, 0.05) is 27.2 Å². The first kappa shape index (κ1) is 21.9. The minimum Gasteiger partial charge on any atom is -0.216 e. The van der Waals surface area contributed by atoms with E-state index >= 15 is 0 Å². The van der Waals surface area contributed by atoms with Gasteiger partial charge in [0.1, 0.15) is 0 Å². The van der Waals surface area contributed by atoms with Gasteiger partial charge < -0.3 is 0 Å². The van der Waals surface area contributed by atoms with Crippen LogP contribution in [0.4, 0.5) is 0 Å². The summed E-state index contributed by atoms with van der Waals surface area (Å²) < 4.78 is 24.8. The Morgan fingerprint density at radius 3 is 2.25 bits per heavy atom. The molecule has 4 nitrogen and oxygen atoms in total. The Labute approximate surface area is 181 Å². The number of hydrogen-bond donors (Lipinski definition) is 2. The van der Waals surface area contributed by atoms with Crippen LogP contribution < -0.4 is 9.86 Å². The molecule has 2 aromatic carbocycles. The van der Waals surface area contributed by atoms with Crippen molar-refractivity contribution in [1.82, 2.24) is 4.72 Å². The Morgan fingerprint density at radius 2 is 1.68 bits per heavy atom. The summed E-state index contributed by atoms with van der Waals surface area (Å²) in [4.78, 5) is 0. The second-order valence-electron chi connectivity index (χ2n) is 7.81. The number of benzene rings is 2. The van der Waals surface area contributed by atoms with E-state index in [2.05, 4.69) is 17.7 Å². The highest BCUT2D eigenvalue weighted by Gasteiger charge is 2.33. The number of halogens is 3. The first-order valence-corrected chi connectivity index (χ1v) is 11.8. The average Bonchev–Trinajstić information content (AvgIpc) is 2.62. The summed E-state index contributed by atoms with van der Waals surface area (Å²) >= 11 is 19.0. The Kier molecular flexibility index (Phi) is 6.64. The summed E-state index contributed by atoms with van der Waals surface area (Å²) in [6.45, 7) is 2.44. The topological polar surface area (TPSA) is 72.2 Å². The zero-order valence-electron chi connectivity index (χ0n) is 15.5. The molecule has 0 atom stereocenters. The number of nitrogens with two attached hydrogens (primary N) is 1. The van der Waals surface area contributed by atoms with Gasteiger partial charge in [-0.2, -0.15) is 8.42 Å². The zero-order valence-corrected chi connectivity index (χ0v) is 18.6. The SMILES string of the molecule is CC1(CNS(N)(=O)=O)CCC(c2cc(-c3ccc(Cl)cc3)c(Cl)cc2Cl)CC1. The van der Waals surface area contributed by atoms with E-state index in [1.54, 1.807) is 6.07 Å². The summed E-state index contributed by atoms with van der Waals surface area (Å²) in [5, 5.41) is 7.01. The monoisotopic (exact) mass is 460 g/mol. The average molecular weight is 462 g/mol. The normalized spacial score (nSPS) is 23.0. The van der Waals surface area contributed by atoms with Gasteiger partial charge in [-0.25, -0.2) is 9.86 Å². The molecule has 0 radical (unpaired) electrons. The van der Waals surface area contributed by atoms with Gasteiger partial charge in [0.05, 0.1) is 0 Å². The van der Waals surface area contributed by atoms with Gasteiger partial charge in [-0.3, -0.25) is 0 Å². The molecule has 0 spiro atoms. The van der Waals surface area contributed by atoms with Crippen LogP contribution >= 0.6 is 34.8 Å². The van der Waals surface area contributed by atoms with Gasteiger partial charge in [0.25, 0.3) is 10.2 Å². The molecule has 0 unspecified atom stereocenters. The molecule has 28 heavy (non-hydrogen) atoms. The van der Waals surface area contributed by atoms with Gasteiger partial charge in [0.15, 0.2) is 0 Å². The summed E-state index contributed by atoms with van der Waals surface area (Å²) in [5.74, 6) is 0.304. The van der Waals surface area contributed by atoms with Crippen molar-refractivity contribution in [2.45, 2.75) is 38.5 Å². The van der Waals surface area contributed by atoms with Crippen LogP contribution in [0.3, 0.4) is 0 Å². The Hall–Kier alpha value is -0.820. The molecule has 0 heterocycles. The molecule has 2 aromatic rings. The van der Waals surface area contributed by atoms with E-state index in [0.717, 1.165) is 42.4 Å². The second-order valence-corrected chi connectivity index (χ2v) is 10.4. The summed E-state index contributed by atoms with van der Waals surface area (Å²) in [6.07, 6.45) is 3.61. The summed E-state index contributed by atoms with van der Waals surface area (Å²) in [7, 11) is -3.67. The van der Waals surface area contributed by atoms with Crippen LogP contribution in [0.5, 0.6) is 0 Å². The van der Waals surface area contributed by atoms with Crippen LogP contribution in [0, 0.1) is 5.41 Å². The third kappa shape index (κ3) is 5.41. The van der Waals surface area contributed by atoms with E-state index in [1.807, 2.05) is 24.3 Å². The molecule has 3 N–H and O–H groups in total. The van der Waals surface area contributed by atoms with E-state index in [-0.39, 0.29) is 5.41 Å². The largest absolute Gasteiger partial charge is 0.274 e. The van der Waals surface area contributed by atoms with Crippen molar-refractivity contribution in [2.24, 2.45) is 10.6 Å². The second kappa shape index (κ2) is 8.50. The minimum absolute atomic E-state index is 0.110. The van der Waals surface area contributed by atoms with Crippen molar-refractivity contribution < 1.29 is 8.42 Å². The molecule has 152 valence electrons. The van der Waals surface area contributed by atoms with E-state index in [4.69, 9.17) is 39.9 Å². The maximum absolute atomic E-state index is 11.2. The molecule has 3 rings (SSSR count). The minimum atomic E-state index is -3.67. The van der Waals surface area contributed by atoms with Crippen LogP contribution in [0.25, 0.3) is 11.1 Å². The lowest BCUT2D eigenvalue weighted by molar-refractivity contribution is 0.202. The van der Waals surface area contributed by atoms with Crippen molar-refractivity contribution >= 4 is 45.0 Å². The van der Waals surface area contributed by atoms with Crippen molar-refractivity contribution in [1.29, 1.82) is 0 Å². The molecule has 0 saturated heterocycles. The smallest absolute Gasteiger partial charge is 0.216 e. The zero-order chi connectivity index (χ0) is 20.5. The Morgan fingerprint density at radius 1 is 1.07 bits per heavy atom. The molecular formula is C20H23Cl3N2O2S. The molecule has 8 heteroatoms. The first-order valence-electron chi connectivity index (χ1n) is 9.09. The highest BCUT2D eigenvalue weighted by molar-refractivity contribution is 7.87. The first-order chi connectivity index (χ1) is 13.1. The van der Waals surface area contributed by atoms with E-state index in [0.29, 0.717) is 27.5 Å². The third-order valence-corrected chi connectivity index (χ3v) is 7.01. The number of nitrogens with one attached hydrogen (secondary N) is 1. The predicted octanol–water partition coefficient (Wildman–Crippen LogP) is 5.77. The Balaban J connectivity index is 1.79. The highest BCUT2D eigenvalue weighted by atomic mass is 35.5. The third-order valence-electron chi connectivity index (χ3n) is 5.57. The van der Waals surface area contributed by atoms with E-state index in [9.17, 15) is 8.42 Å². The maximum Gasteiger partial charge on any atom is 0.274 e. The van der Waals surface area contributed by atoms with Crippen molar-refractivity contribution in [2.75, 3.05) is 6.54 Å². The van der Waals surface area contributed by atoms with Gasteiger partial charge in [0.2, 0.25) is 0 Å².